The third kappa shape index (κ3) is 25.0. The molecule has 0 aromatic rings. The van der Waals surface area contributed by atoms with Gasteiger partial charge in [-0.25, -0.2) is 4.57 Å². The molecule has 6 heteroatoms. The predicted molar refractivity (Wildman–Crippen MR) is 119 cm³/mol. The molecule has 0 atom stereocenters. The van der Waals surface area contributed by atoms with Crippen LogP contribution in [-0.4, -0.2) is 29.5 Å². The number of phosphoric acid groups is 1. The summed E-state index contributed by atoms with van der Waals surface area (Å²) in [5.41, 5.74) is 0. The number of phosphoric ester groups is 1. The van der Waals surface area contributed by atoms with Gasteiger partial charge in [0.1, 0.15) is 0 Å². The van der Waals surface area contributed by atoms with Crippen molar-refractivity contribution in [2.45, 2.75) is 71.1 Å². The summed E-state index contributed by atoms with van der Waals surface area (Å²) >= 11 is 0. The highest BCUT2D eigenvalue weighted by Crippen LogP contribution is 2.35. The summed E-state index contributed by atoms with van der Waals surface area (Å²) in [6.45, 7) is 3.55. The Labute approximate surface area is 171 Å². The standard InChI is InChI=1S/C22H40NO4P/c1-2-3-4-5-6-7-8-9-10-11-12-13-14-15-16-17-18-19-20-23-21-22-27-28(24,25)26/h6-7,9-10,12-13,15-16,23H,2-5,8,11,14,17-22H2,1H3,(H2,24,25,26). The molecule has 0 aromatic carbocycles. The van der Waals surface area contributed by atoms with Crippen molar-refractivity contribution >= 4 is 7.82 Å². The third-order valence-electron chi connectivity index (χ3n) is 3.97. The SMILES string of the molecule is CCCCCC=CCC=CCC=CCC=CCCCCNCCOP(=O)(O)O. The van der Waals surface area contributed by atoms with E-state index in [2.05, 4.69) is 65.4 Å². The second-order valence-corrected chi connectivity index (χ2v) is 7.90. The zero-order valence-electron chi connectivity index (χ0n) is 17.5. The Morgan fingerprint density at radius 2 is 1.25 bits per heavy atom. The van der Waals surface area contributed by atoms with Crippen LogP contribution in [0.4, 0.5) is 0 Å². The van der Waals surface area contributed by atoms with Crippen molar-refractivity contribution in [3.8, 4) is 0 Å². The molecule has 0 aliphatic carbocycles. The van der Waals surface area contributed by atoms with Crippen LogP contribution in [0.2, 0.25) is 0 Å². The van der Waals surface area contributed by atoms with Crippen molar-refractivity contribution in [1.29, 1.82) is 0 Å². The number of hydrogen-bond acceptors (Lipinski definition) is 3. The van der Waals surface area contributed by atoms with Crippen LogP contribution in [0, 0.1) is 0 Å². The van der Waals surface area contributed by atoms with Gasteiger partial charge in [-0.05, 0) is 57.9 Å². The fourth-order valence-corrected chi connectivity index (χ4v) is 2.76. The van der Waals surface area contributed by atoms with Gasteiger partial charge in [-0.3, -0.25) is 4.52 Å². The van der Waals surface area contributed by atoms with Crippen molar-refractivity contribution in [3.63, 3.8) is 0 Å². The molecule has 0 fully saturated rings. The fourth-order valence-electron chi connectivity index (χ4n) is 2.43. The maximum atomic E-state index is 10.5. The molecule has 0 aliphatic rings. The molecule has 0 saturated heterocycles. The first-order valence-corrected chi connectivity index (χ1v) is 12.1. The number of hydrogen-bond donors (Lipinski definition) is 3. The summed E-state index contributed by atoms with van der Waals surface area (Å²) in [5, 5.41) is 3.10. The molecule has 5 nitrogen and oxygen atoms in total. The van der Waals surface area contributed by atoms with E-state index in [4.69, 9.17) is 9.79 Å². The van der Waals surface area contributed by atoms with Gasteiger partial charge in [0, 0.05) is 6.54 Å². The van der Waals surface area contributed by atoms with Crippen molar-refractivity contribution < 1.29 is 18.9 Å². The predicted octanol–water partition coefficient (Wildman–Crippen LogP) is 5.83. The van der Waals surface area contributed by atoms with Crippen molar-refractivity contribution in [2.24, 2.45) is 0 Å². The van der Waals surface area contributed by atoms with E-state index in [1.54, 1.807) is 0 Å². The molecule has 0 rings (SSSR count). The van der Waals surface area contributed by atoms with E-state index in [0.29, 0.717) is 6.54 Å². The number of allylic oxidation sites excluding steroid dienone is 8. The summed E-state index contributed by atoms with van der Waals surface area (Å²) in [4.78, 5) is 17.1. The van der Waals surface area contributed by atoms with Gasteiger partial charge in [-0.2, -0.15) is 0 Å². The summed E-state index contributed by atoms with van der Waals surface area (Å²) in [7, 11) is -4.32. The minimum absolute atomic E-state index is 0.0292. The van der Waals surface area contributed by atoms with Gasteiger partial charge in [-0.15, -0.1) is 0 Å². The van der Waals surface area contributed by atoms with Crippen LogP contribution in [0.1, 0.15) is 71.1 Å². The van der Waals surface area contributed by atoms with Crippen LogP contribution in [0.25, 0.3) is 0 Å². The maximum absolute atomic E-state index is 10.5. The Hall–Kier alpha value is -0.970. The van der Waals surface area contributed by atoms with Gasteiger partial charge < -0.3 is 15.1 Å². The quantitative estimate of drug-likeness (QED) is 0.141. The molecule has 162 valence electrons. The largest absolute Gasteiger partial charge is 0.469 e. The highest BCUT2D eigenvalue weighted by atomic mass is 31.2. The van der Waals surface area contributed by atoms with Crippen LogP contribution >= 0.6 is 7.82 Å². The normalized spacial score (nSPS) is 13.1. The third-order valence-corrected chi connectivity index (χ3v) is 4.49. The first kappa shape index (κ1) is 27.0. The van der Waals surface area contributed by atoms with E-state index in [9.17, 15) is 4.57 Å². The molecular weight excluding hydrogens is 373 g/mol. The molecule has 0 aromatic heterocycles. The van der Waals surface area contributed by atoms with E-state index in [1.807, 2.05) is 0 Å². The Kier molecular flexibility index (Phi) is 20.0. The summed E-state index contributed by atoms with van der Waals surface area (Å²) in [5.74, 6) is 0. The van der Waals surface area contributed by atoms with E-state index in [-0.39, 0.29) is 6.61 Å². The Morgan fingerprint density at radius 1 is 0.750 bits per heavy atom. The van der Waals surface area contributed by atoms with E-state index < -0.39 is 7.82 Å². The molecule has 0 heterocycles. The van der Waals surface area contributed by atoms with Crippen LogP contribution in [-0.2, 0) is 9.09 Å². The van der Waals surface area contributed by atoms with Crippen LogP contribution in [0.3, 0.4) is 0 Å². The van der Waals surface area contributed by atoms with Gasteiger partial charge in [0.05, 0.1) is 6.61 Å². The average Bonchev–Trinajstić information content (AvgIpc) is 2.65. The molecule has 3 N–H and O–H groups in total. The van der Waals surface area contributed by atoms with Crippen molar-refractivity contribution in [2.75, 3.05) is 19.7 Å². The van der Waals surface area contributed by atoms with E-state index >= 15 is 0 Å². The first-order chi connectivity index (χ1) is 13.6. The number of unbranched alkanes of at least 4 members (excludes halogenated alkanes) is 5. The van der Waals surface area contributed by atoms with Crippen molar-refractivity contribution in [1.82, 2.24) is 5.32 Å². The average molecular weight is 414 g/mol. The fraction of sp³-hybridized carbons (Fsp3) is 0.636. The van der Waals surface area contributed by atoms with Crippen LogP contribution < -0.4 is 5.32 Å². The zero-order chi connectivity index (χ0) is 20.8. The molecule has 0 amide bonds. The molecule has 0 spiro atoms. The molecular formula is C22H40NO4P. The highest BCUT2D eigenvalue weighted by molar-refractivity contribution is 7.46. The maximum Gasteiger partial charge on any atom is 0.469 e. The minimum Gasteiger partial charge on any atom is -0.314 e. The van der Waals surface area contributed by atoms with Gasteiger partial charge in [0.15, 0.2) is 0 Å². The Morgan fingerprint density at radius 3 is 1.75 bits per heavy atom. The first-order valence-electron chi connectivity index (χ1n) is 10.6. The van der Waals surface area contributed by atoms with Gasteiger partial charge >= 0.3 is 7.82 Å². The lowest BCUT2D eigenvalue weighted by Gasteiger charge is -2.06. The Bertz CT molecular complexity index is 495. The minimum atomic E-state index is -4.32. The smallest absolute Gasteiger partial charge is 0.314 e. The second-order valence-electron chi connectivity index (χ2n) is 6.66. The lowest BCUT2D eigenvalue weighted by atomic mass is 10.2. The topological polar surface area (TPSA) is 78.8 Å². The lowest BCUT2D eigenvalue weighted by molar-refractivity contribution is 0.197. The lowest BCUT2D eigenvalue weighted by Crippen LogP contribution is -2.20. The Balaban J connectivity index is 3.36. The number of rotatable bonds is 19. The van der Waals surface area contributed by atoms with Crippen LogP contribution in [0.5, 0.6) is 0 Å². The number of nitrogens with one attached hydrogen (secondary N) is 1. The molecule has 0 saturated carbocycles. The van der Waals surface area contributed by atoms with E-state index in [0.717, 1.165) is 45.1 Å². The van der Waals surface area contributed by atoms with Crippen molar-refractivity contribution in [3.05, 3.63) is 48.6 Å². The van der Waals surface area contributed by atoms with Gasteiger partial charge in [0.2, 0.25) is 0 Å². The zero-order valence-corrected chi connectivity index (χ0v) is 18.4. The van der Waals surface area contributed by atoms with Gasteiger partial charge in [0.25, 0.3) is 0 Å². The molecule has 0 unspecified atom stereocenters. The monoisotopic (exact) mass is 413 g/mol. The van der Waals surface area contributed by atoms with Gasteiger partial charge in [-0.1, -0.05) is 68.4 Å². The molecule has 0 aliphatic heterocycles. The van der Waals surface area contributed by atoms with E-state index in [1.165, 1.54) is 25.7 Å². The summed E-state index contributed by atoms with van der Waals surface area (Å²) in [6, 6.07) is 0. The molecule has 0 radical (unpaired) electrons. The summed E-state index contributed by atoms with van der Waals surface area (Å²) < 4.78 is 14.8. The second kappa shape index (κ2) is 20.8. The summed E-state index contributed by atoms with van der Waals surface area (Å²) in [6.07, 6.45) is 29.1. The molecule has 28 heavy (non-hydrogen) atoms. The highest BCUT2D eigenvalue weighted by Gasteiger charge is 2.11. The molecule has 0 bridgehead atoms. The van der Waals surface area contributed by atoms with Crippen LogP contribution in [0.15, 0.2) is 48.6 Å².